The van der Waals surface area contributed by atoms with Gasteiger partial charge >= 0.3 is 0 Å². The maximum atomic E-state index is 11.9. The summed E-state index contributed by atoms with van der Waals surface area (Å²) in [6, 6.07) is 7.62. The van der Waals surface area contributed by atoms with Gasteiger partial charge in [0.25, 0.3) is 0 Å². The van der Waals surface area contributed by atoms with Crippen molar-refractivity contribution in [3.05, 3.63) is 47.5 Å². The SMILES string of the molecule is Cc1cc(C)n(C(=O)CCc2ccccn2)n1. The summed E-state index contributed by atoms with van der Waals surface area (Å²) in [7, 11) is 0. The third-order valence-corrected chi connectivity index (χ3v) is 2.57. The van der Waals surface area contributed by atoms with E-state index >= 15 is 0 Å². The zero-order chi connectivity index (χ0) is 12.3. The second-order valence-corrected chi connectivity index (χ2v) is 4.05. The Morgan fingerprint density at radius 2 is 2.18 bits per heavy atom. The molecule has 17 heavy (non-hydrogen) atoms. The number of nitrogens with zero attached hydrogens (tertiary/aromatic N) is 3. The summed E-state index contributed by atoms with van der Waals surface area (Å²) < 4.78 is 1.47. The molecule has 0 atom stereocenters. The first-order valence-electron chi connectivity index (χ1n) is 5.63. The van der Waals surface area contributed by atoms with Crippen molar-refractivity contribution >= 4 is 5.91 Å². The molecular formula is C13H15N3O. The van der Waals surface area contributed by atoms with Crippen molar-refractivity contribution in [1.29, 1.82) is 0 Å². The van der Waals surface area contributed by atoms with Crippen LogP contribution in [-0.4, -0.2) is 20.7 Å². The van der Waals surface area contributed by atoms with Crippen molar-refractivity contribution in [3.63, 3.8) is 0 Å². The fourth-order valence-electron chi connectivity index (χ4n) is 1.77. The third kappa shape index (κ3) is 2.78. The second-order valence-electron chi connectivity index (χ2n) is 4.05. The molecule has 4 heteroatoms. The number of aryl methyl sites for hydroxylation is 3. The van der Waals surface area contributed by atoms with E-state index in [0.717, 1.165) is 17.1 Å². The van der Waals surface area contributed by atoms with Crippen LogP contribution in [-0.2, 0) is 6.42 Å². The number of hydrogen-bond donors (Lipinski definition) is 0. The Bertz CT molecular complexity index is 517. The van der Waals surface area contributed by atoms with E-state index in [2.05, 4.69) is 10.1 Å². The summed E-state index contributed by atoms with van der Waals surface area (Å²) in [5, 5.41) is 4.17. The lowest BCUT2D eigenvalue weighted by Gasteiger charge is -2.02. The molecule has 0 aromatic carbocycles. The molecule has 2 rings (SSSR count). The van der Waals surface area contributed by atoms with Crippen LogP contribution in [0.1, 0.15) is 28.3 Å². The molecule has 0 saturated carbocycles. The molecule has 2 aromatic rings. The Kier molecular flexibility index (Phi) is 3.32. The van der Waals surface area contributed by atoms with Gasteiger partial charge in [-0.3, -0.25) is 9.78 Å². The minimum Gasteiger partial charge on any atom is -0.273 e. The smallest absolute Gasteiger partial charge is 0.247 e. The first-order valence-corrected chi connectivity index (χ1v) is 5.63. The molecule has 2 heterocycles. The van der Waals surface area contributed by atoms with Gasteiger partial charge in [0.1, 0.15) is 0 Å². The summed E-state index contributed by atoms with van der Waals surface area (Å²) in [5.41, 5.74) is 2.68. The summed E-state index contributed by atoms with van der Waals surface area (Å²) in [5.74, 6) is 0.0150. The monoisotopic (exact) mass is 229 g/mol. The number of rotatable bonds is 3. The Labute approximate surface area is 100 Å². The third-order valence-electron chi connectivity index (χ3n) is 2.57. The van der Waals surface area contributed by atoms with Crippen molar-refractivity contribution < 1.29 is 4.79 Å². The maximum Gasteiger partial charge on any atom is 0.247 e. The molecule has 0 amide bonds. The van der Waals surface area contributed by atoms with E-state index in [-0.39, 0.29) is 5.91 Å². The fraction of sp³-hybridized carbons (Fsp3) is 0.308. The van der Waals surface area contributed by atoms with E-state index in [0.29, 0.717) is 12.8 Å². The molecule has 88 valence electrons. The van der Waals surface area contributed by atoms with Crippen LogP contribution in [0.5, 0.6) is 0 Å². The average Bonchev–Trinajstić information content (AvgIpc) is 2.67. The summed E-state index contributed by atoms with van der Waals surface area (Å²) in [4.78, 5) is 16.1. The van der Waals surface area contributed by atoms with Crippen LogP contribution in [0.25, 0.3) is 0 Å². The number of hydrogen-bond acceptors (Lipinski definition) is 3. The van der Waals surface area contributed by atoms with Gasteiger partial charge in [-0.25, -0.2) is 4.68 Å². The predicted octanol–water partition coefficient (Wildman–Crippen LogP) is 2.17. The molecule has 0 unspecified atom stereocenters. The van der Waals surface area contributed by atoms with Gasteiger partial charge in [-0.2, -0.15) is 5.10 Å². The van der Waals surface area contributed by atoms with Crippen molar-refractivity contribution in [2.75, 3.05) is 0 Å². The molecule has 4 nitrogen and oxygen atoms in total. The minimum atomic E-state index is 0.0150. The predicted molar refractivity (Wildman–Crippen MR) is 64.9 cm³/mol. The zero-order valence-corrected chi connectivity index (χ0v) is 10.1. The standard InChI is InChI=1S/C13H15N3O/c1-10-9-11(2)16(15-10)13(17)7-6-12-5-3-4-8-14-12/h3-5,8-9H,6-7H2,1-2H3. The van der Waals surface area contributed by atoms with E-state index in [1.807, 2.05) is 38.1 Å². The van der Waals surface area contributed by atoms with Crippen molar-refractivity contribution in [3.8, 4) is 0 Å². The lowest BCUT2D eigenvalue weighted by atomic mass is 10.2. The Hall–Kier alpha value is -1.97. The number of carbonyl (C=O) groups excluding carboxylic acids is 1. The fourth-order valence-corrected chi connectivity index (χ4v) is 1.77. The highest BCUT2D eigenvalue weighted by atomic mass is 16.2. The van der Waals surface area contributed by atoms with Crippen LogP contribution >= 0.6 is 0 Å². The Balaban J connectivity index is 2.01. The zero-order valence-electron chi connectivity index (χ0n) is 10.1. The van der Waals surface area contributed by atoms with Crippen molar-refractivity contribution in [2.24, 2.45) is 0 Å². The summed E-state index contributed by atoms with van der Waals surface area (Å²) >= 11 is 0. The topological polar surface area (TPSA) is 47.8 Å². The van der Waals surface area contributed by atoms with E-state index < -0.39 is 0 Å². The van der Waals surface area contributed by atoms with Crippen LogP contribution < -0.4 is 0 Å². The average molecular weight is 229 g/mol. The van der Waals surface area contributed by atoms with E-state index in [1.165, 1.54) is 4.68 Å². The maximum absolute atomic E-state index is 11.9. The van der Waals surface area contributed by atoms with Crippen LogP contribution in [0.3, 0.4) is 0 Å². The highest BCUT2D eigenvalue weighted by Gasteiger charge is 2.10. The quantitative estimate of drug-likeness (QED) is 0.810. The molecule has 0 saturated heterocycles. The van der Waals surface area contributed by atoms with Crippen LogP contribution in [0.4, 0.5) is 0 Å². The van der Waals surface area contributed by atoms with Gasteiger partial charge in [0.15, 0.2) is 0 Å². The molecular weight excluding hydrogens is 214 g/mol. The van der Waals surface area contributed by atoms with Crippen molar-refractivity contribution in [2.45, 2.75) is 26.7 Å². The lowest BCUT2D eigenvalue weighted by molar-refractivity contribution is 0.0884. The van der Waals surface area contributed by atoms with Crippen molar-refractivity contribution in [1.82, 2.24) is 14.8 Å². The summed E-state index contributed by atoms with van der Waals surface area (Å²) in [6.07, 6.45) is 2.82. The van der Waals surface area contributed by atoms with E-state index in [4.69, 9.17) is 0 Å². The van der Waals surface area contributed by atoms with Gasteiger partial charge in [0.2, 0.25) is 5.91 Å². The van der Waals surface area contributed by atoms with Crippen LogP contribution in [0, 0.1) is 13.8 Å². The van der Waals surface area contributed by atoms with E-state index in [9.17, 15) is 4.79 Å². The summed E-state index contributed by atoms with van der Waals surface area (Å²) in [6.45, 7) is 3.77. The van der Waals surface area contributed by atoms with Gasteiger partial charge in [0.05, 0.1) is 5.69 Å². The Morgan fingerprint density at radius 3 is 2.76 bits per heavy atom. The molecule has 0 aliphatic rings. The highest BCUT2D eigenvalue weighted by Crippen LogP contribution is 2.05. The number of pyridine rings is 1. The number of carbonyl (C=O) groups is 1. The Morgan fingerprint density at radius 1 is 1.35 bits per heavy atom. The molecule has 2 aromatic heterocycles. The molecule has 0 fully saturated rings. The molecule has 0 spiro atoms. The van der Waals surface area contributed by atoms with Gasteiger partial charge in [-0.15, -0.1) is 0 Å². The minimum absolute atomic E-state index is 0.0150. The normalized spacial score (nSPS) is 10.5. The molecule has 0 radical (unpaired) electrons. The molecule has 0 N–H and O–H groups in total. The van der Waals surface area contributed by atoms with Gasteiger partial charge in [0, 0.05) is 24.0 Å². The van der Waals surface area contributed by atoms with Crippen LogP contribution in [0.2, 0.25) is 0 Å². The molecule has 0 aliphatic carbocycles. The van der Waals surface area contributed by atoms with E-state index in [1.54, 1.807) is 6.20 Å². The molecule has 0 bridgehead atoms. The number of aromatic nitrogens is 3. The first kappa shape index (κ1) is 11.5. The second kappa shape index (κ2) is 4.91. The highest BCUT2D eigenvalue weighted by molar-refractivity contribution is 5.78. The molecule has 0 aliphatic heterocycles. The van der Waals surface area contributed by atoms with Gasteiger partial charge in [-0.05, 0) is 38.5 Å². The lowest BCUT2D eigenvalue weighted by Crippen LogP contribution is -2.15. The largest absolute Gasteiger partial charge is 0.273 e. The van der Waals surface area contributed by atoms with Gasteiger partial charge in [-0.1, -0.05) is 6.07 Å². The van der Waals surface area contributed by atoms with Gasteiger partial charge < -0.3 is 0 Å². The van der Waals surface area contributed by atoms with Crippen LogP contribution in [0.15, 0.2) is 30.5 Å². The first-order chi connectivity index (χ1) is 8.16.